The summed E-state index contributed by atoms with van der Waals surface area (Å²) >= 11 is 2.21. The van der Waals surface area contributed by atoms with E-state index in [1.807, 2.05) is 6.33 Å². The van der Waals surface area contributed by atoms with Crippen LogP contribution in [0.2, 0.25) is 0 Å². The second kappa shape index (κ2) is 3.70. The summed E-state index contributed by atoms with van der Waals surface area (Å²) < 4.78 is 3.13. The highest BCUT2D eigenvalue weighted by molar-refractivity contribution is 14.1. The molecule has 0 unspecified atom stereocenters. The number of halogens is 1. The van der Waals surface area contributed by atoms with Crippen molar-refractivity contribution in [2.45, 2.75) is 31.7 Å². The molecule has 0 saturated heterocycles. The van der Waals surface area contributed by atoms with Gasteiger partial charge in [-0.2, -0.15) is 0 Å². The van der Waals surface area contributed by atoms with Crippen molar-refractivity contribution < 1.29 is 0 Å². The molecular weight excluding hydrogens is 303 g/mol. The van der Waals surface area contributed by atoms with E-state index >= 15 is 0 Å². The molecule has 3 rings (SSSR count). The molecule has 1 aliphatic carbocycles. The van der Waals surface area contributed by atoms with Crippen LogP contribution >= 0.6 is 22.6 Å². The Morgan fingerprint density at radius 2 is 2.00 bits per heavy atom. The summed E-state index contributed by atoms with van der Waals surface area (Å²) in [6.07, 6.45) is 8.66. The van der Waals surface area contributed by atoms with Gasteiger partial charge in [-0.3, -0.25) is 0 Å². The molecule has 4 nitrogen and oxygen atoms in total. The van der Waals surface area contributed by atoms with E-state index in [2.05, 4.69) is 42.1 Å². The Hall–Kier alpha value is -0.720. The number of aromatic nitrogens is 4. The van der Waals surface area contributed by atoms with Crippen LogP contribution in [0.1, 0.15) is 31.7 Å². The van der Waals surface area contributed by atoms with E-state index < -0.39 is 0 Å². The average molecular weight is 314 g/mol. The first kappa shape index (κ1) is 9.50. The van der Waals surface area contributed by atoms with E-state index in [1.54, 1.807) is 6.33 Å². The van der Waals surface area contributed by atoms with Gasteiger partial charge in [0.2, 0.25) is 0 Å². The van der Waals surface area contributed by atoms with Crippen molar-refractivity contribution in [2.75, 3.05) is 0 Å². The van der Waals surface area contributed by atoms with E-state index in [0.29, 0.717) is 6.04 Å². The molecule has 2 aliphatic heterocycles. The Morgan fingerprint density at radius 3 is 2.80 bits per heavy atom. The van der Waals surface area contributed by atoms with Crippen LogP contribution in [0.15, 0.2) is 12.7 Å². The fraction of sp³-hybridized carbons (Fsp3) is 0.500. The number of hydrogen-bond acceptors (Lipinski definition) is 3. The predicted molar refractivity (Wildman–Crippen MR) is 64.7 cm³/mol. The molecule has 1 saturated carbocycles. The lowest BCUT2D eigenvalue weighted by Crippen LogP contribution is -2.11. The molecule has 3 aliphatic rings. The van der Waals surface area contributed by atoms with E-state index in [9.17, 15) is 0 Å². The lowest BCUT2D eigenvalue weighted by atomic mass is 10.2. The minimum absolute atomic E-state index is 0.577. The molecule has 0 aromatic rings. The third-order valence-corrected chi connectivity index (χ3v) is 3.82. The Bertz CT molecular complexity index is 447. The van der Waals surface area contributed by atoms with Crippen molar-refractivity contribution in [3.05, 3.63) is 16.4 Å². The highest BCUT2D eigenvalue weighted by Crippen LogP contribution is 2.33. The molecule has 0 bridgehead atoms. The minimum Gasteiger partial charge on any atom is -0.312 e. The monoisotopic (exact) mass is 314 g/mol. The molecule has 0 N–H and O–H groups in total. The maximum absolute atomic E-state index is 4.37. The molecule has 2 heterocycles. The van der Waals surface area contributed by atoms with Crippen LogP contribution in [0.25, 0.3) is 11.5 Å². The zero-order chi connectivity index (χ0) is 10.3. The number of nitrogens with zero attached hydrogens (tertiary/aromatic N) is 4. The van der Waals surface area contributed by atoms with Crippen LogP contribution in [0.3, 0.4) is 0 Å². The second-order valence-corrected chi connectivity index (χ2v) is 4.95. The first-order valence-corrected chi connectivity index (χ1v) is 6.27. The zero-order valence-corrected chi connectivity index (χ0v) is 10.4. The van der Waals surface area contributed by atoms with Gasteiger partial charge in [0.05, 0.1) is 6.33 Å². The smallest absolute Gasteiger partial charge is 0.164 e. The van der Waals surface area contributed by atoms with Gasteiger partial charge in [0, 0.05) is 6.04 Å². The zero-order valence-electron chi connectivity index (χ0n) is 8.23. The molecule has 5 heteroatoms. The summed E-state index contributed by atoms with van der Waals surface area (Å²) in [7, 11) is 0. The van der Waals surface area contributed by atoms with Gasteiger partial charge < -0.3 is 4.57 Å². The molecule has 0 aromatic heterocycles. The predicted octanol–water partition coefficient (Wildman–Crippen LogP) is 2.50. The molecule has 0 aromatic carbocycles. The van der Waals surface area contributed by atoms with Crippen LogP contribution in [-0.4, -0.2) is 19.5 Å². The van der Waals surface area contributed by atoms with Crippen molar-refractivity contribution in [2.24, 2.45) is 0 Å². The van der Waals surface area contributed by atoms with Gasteiger partial charge in [-0.25, -0.2) is 15.0 Å². The molecule has 1 fully saturated rings. The fourth-order valence-electron chi connectivity index (χ4n) is 2.27. The Morgan fingerprint density at radius 1 is 1.20 bits per heavy atom. The summed E-state index contributed by atoms with van der Waals surface area (Å²) in [5.41, 5.74) is 0.935. The minimum atomic E-state index is 0.577. The largest absolute Gasteiger partial charge is 0.312 e. The van der Waals surface area contributed by atoms with Gasteiger partial charge in [0.1, 0.15) is 15.7 Å². The van der Waals surface area contributed by atoms with E-state index in [4.69, 9.17) is 0 Å². The van der Waals surface area contributed by atoms with Crippen molar-refractivity contribution >= 4 is 22.6 Å². The Labute approximate surface area is 102 Å². The maximum atomic E-state index is 4.37. The first-order valence-electron chi connectivity index (χ1n) is 5.19. The number of fused-ring (bicyclic) bond motifs is 1. The first-order chi connectivity index (χ1) is 7.36. The SMILES string of the molecule is Ic1ncn(C2CCCC2)c2ncnc1-2. The normalized spacial score (nSPS) is 17.7. The molecule has 0 atom stereocenters. The van der Waals surface area contributed by atoms with Crippen molar-refractivity contribution in [1.82, 2.24) is 19.5 Å². The van der Waals surface area contributed by atoms with Crippen LogP contribution in [-0.2, 0) is 0 Å². The summed E-state index contributed by atoms with van der Waals surface area (Å²) in [5.74, 6) is 0.987. The number of hydrogen-bond donors (Lipinski definition) is 0. The Balaban J connectivity index is 2.11. The third-order valence-electron chi connectivity index (χ3n) is 3.03. The highest BCUT2D eigenvalue weighted by Gasteiger charge is 2.22. The molecule has 0 amide bonds. The van der Waals surface area contributed by atoms with Gasteiger partial charge in [0.25, 0.3) is 0 Å². The summed E-state index contributed by atoms with van der Waals surface area (Å²) in [6.45, 7) is 0. The number of rotatable bonds is 1. The quantitative estimate of drug-likeness (QED) is 0.600. The van der Waals surface area contributed by atoms with Crippen LogP contribution < -0.4 is 0 Å². The van der Waals surface area contributed by atoms with Crippen LogP contribution in [0.5, 0.6) is 0 Å². The lowest BCUT2D eigenvalue weighted by molar-refractivity contribution is 0.508. The third kappa shape index (κ3) is 1.53. The summed E-state index contributed by atoms with van der Waals surface area (Å²) in [4.78, 5) is 13.0. The fourth-order valence-corrected chi connectivity index (χ4v) is 2.78. The maximum Gasteiger partial charge on any atom is 0.164 e. The van der Waals surface area contributed by atoms with E-state index in [-0.39, 0.29) is 0 Å². The van der Waals surface area contributed by atoms with Gasteiger partial charge in [0.15, 0.2) is 5.82 Å². The lowest BCUT2D eigenvalue weighted by Gasteiger charge is -2.17. The molecule has 78 valence electrons. The van der Waals surface area contributed by atoms with Gasteiger partial charge in [-0.15, -0.1) is 0 Å². The van der Waals surface area contributed by atoms with E-state index in [1.165, 1.54) is 25.7 Å². The Kier molecular flexibility index (Phi) is 2.34. The number of imidazole rings is 1. The van der Waals surface area contributed by atoms with Crippen molar-refractivity contribution in [3.8, 4) is 11.5 Å². The van der Waals surface area contributed by atoms with Gasteiger partial charge in [-0.1, -0.05) is 12.8 Å². The van der Waals surface area contributed by atoms with Crippen LogP contribution in [0, 0.1) is 3.70 Å². The topological polar surface area (TPSA) is 43.6 Å². The summed E-state index contributed by atoms with van der Waals surface area (Å²) in [6, 6.07) is 0.577. The van der Waals surface area contributed by atoms with Crippen LogP contribution in [0.4, 0.5) is 0 Å². The van der Waals surface area contributed by atoms with Crippen molar-refractivity contribution in [1.29, 1.82) is 0 Å². The molecule has 0 spiro atoms. The standard InChI is InChI=1S/C10H11IN4/c11-9-8-10(13-5-12-8)15(6-14-9)7-3-1-2-4-7/h5-7H,1-4H2. The van der Waals surface area contributed by atoms with Gasteiger partial charge in [-0.05, 0) is 35.4 Å². The van der Waals surface area contributed by atoms with E-state index in [0.717, 1.165) is 15.2 Å². The summed E-state index contributed by atoms with van der Waals surface area (Å²) in [5, 5.41) is 0. The molecule has 0 radical (unpaired) electrons. The highest BCUT2D eigenvalue weighted by atomic mass is 127. The van der Waals surface area contributed by atoms with Crippen molar-refractivity contribution in [3.63, 3.8) is 0 Å². The average Bonchev–Trinajstić information content (AvgIpc) is 2.88. The second-order valence-electron chi connectivity index (χ2n) is 3.93. The van der Waals surface area contributed by atoms with Gasteiger partial charge >= 0.3 is 0 Å². The molecular formula is C10H11IN4. The molecule has 15 heavy (non-hydrogen) atoms.